The van der Waals surface area contributed by atoms with Crippen molar-refractivity contribution >= 4 is 24.1 Å². The fourth-order valence-corrected chi connectivity index (χ4v) is 1.79. The molecule has 0 radical (unpaired) electrons. The summed E-state index contributed by atoms with van der Waals surface area (Å²) >= 11 is 0. The Morgan fingerprint density at radius 1 is 1.56 bits per heavy atom. The highest BCUT2D eigenvalue weighted by Crippen LogP contribution is 2.14. The first-order valence-electron chi connectivity index (χ1n) is 5.27. The third kappa shape index (κ3) is 3.21. The summed E-state index contributed by atoms with van der Waals surface area (Å²) in [5.74, 6) is 0.865. The number of carbonyl (C=O) groups is 1. The highest BCUT2D eigenvalue weighted by molar-refractivity contribution is 5.91. The van der Waals surface area contributed by atoms with Crippen molar-refractivity contribution in [2.45, 2.75) is 12.8 Å². The Hall–Kier alpha value is -1.07. The van der Waals surface area contributed by atoms with Crippen molar-refractivity contribution in [3.05, 3.63) is 12.3 Å². The summed E-state index contributed by atoms with van der Waals surface area (Å²) in [6.45, 7) is 1.86. The van der Waals surface area contributed by atoms with Crippen LogP contribution in [0.5, 0.6) is 0 Å². The van der Waals surface area contributed by atoms with Crippen LogP contribution in [0.4, 0.5) is 5.82 Å². The number of piperidine rings is 1. The fraction of sp³-hybridized carbons (Fsp3) is 0.600. The molecular formula is C10H17ClN4O. The fourth-order valence-electron chi connectivity index (χ4n) is 1.79. The second kappa shape index (κ2) is 5.86. The van der Waals surface area contributed by atoms with E-state index in [9.17, 15) is 4.79 Å². The van der Waals surface area contributed by atoms with Crippen molar-refractivity contribution in [1.82, 2.24) is 15.1 Å². The molecule has 2 N–H and O–H groups in total. The van der Waals surface area contributed by atoms with Crippen molar-refractivity contribution < 1.29 is 4.79 Å². The smallest absolute Gasteiger partial charge is 0.228 e. The monoisotopic (exact) mass is 244 g/mol. The molecule has 5 nitrogen and oxygen atoms in total. The normalized spacial score (nSPS) is 16.6. The molecule has 2 rings (SSSR count). The average Bonchev–Trinajstić information content (AvgIpc) is 2.65. The largest absolute Gasteiger partial charge is 0.317 e. The van der Waals surface area contributed by atoms with Gasteiger partial charge in [0, 0.05) is 25.2 Å². The van der Waals surface area contributed by atoms with Crippen LogP contribution in [0, 0.1) is 5.92 Å². The van der Waals surface area contributed by atoms with E-state index in [2.05, 4.69) is 15.7 Å². The van der Waals surface area contributed by atoms with Gasteiger partial charge in [-0.1, -0.05) is 0 Å². The van der Waals surface area contributed by atoms with Crippen LogP contribution in [0.15, 0.2) is 12.3 Å². The molecule has 1 amide bonds. The molecule has 1 saturated heterocycles. The summed E-state index contributed by atoms with van der Waals surface area (Å²) in [5.41, 5.74) is 0. The van der Waals surface area contributed by atoms with Crippen LogP contribution < -0.4 is 10.6 Å². The molecule has 0 spiro atoms. The van der Waals surface area contributed by atoms with E-state index in [4.69, 9.17) is 0 Å². The van der Waals surface area contributed by atoms with Crippen molar-refractivity contribution in [3.63, 3.8) is 0 Å². The molecule has 1 fully saturated rings. The van der Waals surface area contributed by atoms with Gasteiger partial charge in [-0.3, -0.25) is 9.48 Å². The van der Waals surface area contributed by atoms with Crippen molar-refractivity contribution in [2.75, 3.05) is 18.4 Å². The van der Waals surface area contributed by atoms with Crippen LogP contribution in [0.3, 0.4) is 0 Å². The van der Waals surface area contributed by atoms with Crippen LogP contribution in [0.2, 0.25) is 0 Å². The minimum atomic E-state index is 0. The molecule has 1 aliphatic heterocycles. The lowest BCUT2D eigenvalue weighted by atomic mass is 9.97. The molecule has 16 heavy (non-hydrogen) atoms. The summed E-state index contributed by atoms with van der Waals surface area (Å²) in [7, 11) is 1.83. The van der Waals surface area contributed by atoms with Crippen LogP contribution in [-0.2, 0) is 11.8 Å². The van der Waals surface area contributed by atoms with Crippen molar-refractivity contribution in [1.29, 1.82) is 0 Å². The quantitative estimate of drug-likeness (QED) is 0.809. The average molecular weight is 245 g/mol. The molecule has 6 heteroatoms. The SMILES string of the molecule is Cl.Cn1ccc(NC(=O)C2CCNCC2)n1. The van der Waals surface area contributed by atoms with E-state index in [0.717, 1.165) is 25.9 Å². The Balaban J connectivity index is 0.00000128. The molecule has 1 aromatic heterocycles. The Morgan fingerprint density at radius 3 is 2.81 bits per heavy atom. The van der Waals surface area contributed by atoms with Gasteiger partial charge in [-0.25, -0.2) is 0 Å². The molecule has 0 aliphatic carbocycles. The number of halogens is 1. The van der Waals surface area contributed by atoms with Gasteiger partial charge in [-0.2, -0.15) is 5.10 Å². The minimum Gasteiger partial charge on any atom is -0.317 e. The van der Waals surface area contributed by atoms with Gasteiger partial charge in [0.2, 0.25) is 5.91 Å². The number of hydrogen-bond acceptors (Lipinski definition) is 3. The summed E-state index contributed by atoms with van der Waals surface area (Å²) in [6, 6.07) is 1.80. The van der Waals surface area contributed by atoms with E-state index in [1.165, 1.54) is 0 Å². The van der Waals surface area contributed by atoms with Gasteiger partial charge >= 0.3 is 0 Å². The molecule has 0 unspecified atom stereocenters. The first-order valence-corrected chi connectivity index (χ1v) is 5.27. The second-order valence-electron chi connectivity index (χ2n) is 3.89. The number of rotatable bonds is 2. The third-order valence-electron chi connectivity index (χ3n) is 2.67. The van der Waals surface area contributed by atoms with Gasteiger partial charge in [0.15, 0.2) is 5.82 Å². The van der Waals surface area contributed by atoms with Crippen LogP contribution >= 0.6 is 12.4 Å². The van der Waals surface area contributed by atoms with E-state index in [0.29, 0.717) is 5.82 Å². The molecule has 90 valence electrons. The Kier molecular flexibility index (Phi) is 4.76. The van der Waals surface area contributed by atoms with E-state index in [1.807, 2.05) is 13.2 Å². The zero-order valence-electron chi connectivity index (χ0n) is 9.27. The predicted molar refractivity (Wildman–Crippen MR) is 64.7 cm³/mol. The second-order valence-corrected chi connectivity index (χ2v) is 3.89. The van der Waals surface area contributed by atoms with Crippen molar-refractivity contribution in [3.8, 4) is 0 Å². The minimum absolute atomic E-state index is 0. The highest BCUT2D eigenvalue weighted by Gasteiger charge is 2.21. The van der Waals surface area contributed by atoms with Gasteiger partial charge in [-0.05, 0) is 25.9 Å². The van der Waals surface area contributed by atoms with Gasteiger partial charge in [0.1, 0.15) is 0 Å². The lowest BCUT2D eigenvalue weighted by Crippen LogP contribution is -2.34. The number of nitrogens with zero attached hydrogens (tertiary/aromatic N) is 2. The number of anilines is 1. The zero-order valence-corrected chi connectivity index (χ0v) is 10.1. The van der Waals surface area contributed by atoms with E-state index in [-0.39, 0.29) is 24.2 Å². The third-order valence-corrected chi connectivity index (χ3v) is 2.67. The first-order chi connectivity index (χ1) is 7.25. The number of aromatic nitrogens is 2. The molecule has 0 saturated carbocycles. The molecule has 1 aromatic rings. The standard InChI is InChI=1S/C10H16N4O.ClH/c1-14-7-4-9(13-14)12-10(15)8-2-5-11-6-3-8;/h4,7-8,11H,2-3,5-6H2,1H3,(H,12,13,15);1H. The molecule has 0 atom stereocenters. The summed E-state index contributed by atoms with van der Waals surface area (Å²) in [5, 5.41) is 10.2. The van der Waals surface area contributed by atoms with E-state index >= 15 is 0 Å². The highest BCUT2D eigenvalue weighted by atomic mass is 35.5. The van der Waals surface area contributed by atoms with Crippen LogP contribution in [0.25, 0.3) is 0 Å². The molecule has 1 aliphatic rings. The molecule has 0 aromatic carbocycles. The number of carbonyl (C=O) groups excluding carboxylic acids is 1. The Morgan fingerprint density at radius 2 is 2.25 bits per heavy atom. The molecule has 2 heterocycles. The van der Waals surface area contributed by atoms with Gasteiger partial charge in [0.05, 0.1) is 0 Å². The maximum absolute atomic E-state index is 11.8. The van der Waals surface area contributed by atoms with Crippen LogP contribution in [-0.4, -0.2) is 28.8 Å². The zero-order chi connectivity index (χ0) is 10.7. The van der Waals surface area contributed by atoms with E-state index < -0.39 is 0 Å². The summed E-state index contributed by atoms with van der Waals surface area (Å²) < 4.78 is 1.68. The van der Waals surface area contributed by atoms with E-state index in [1.54, 1.807) is 10.7 Å². The lowest BCUT2D eigenvalue weighted by Gasteiger charge is -2.21. The Labute approximate surface area is 101 Å². The van der Waals surface area contributed by atoms with Crippen molar-refractivity contribution in [2.24, 2.45) is 13.0 Å². The predicted octanol–water partition coefficient (Wildman–Crippen LogP) is 0.780. The number of hydrogen-bond donors (Lipinski definition) is 2. The summed E-state index contributed by atoms with van der Waals surface area (Å²) in [6.07, 6.45) is 3.65. The maximum Gasteiger partial charge on any atom is 0.228 e. The topological polar surface area (TPSA) is 59.0 Å². The summed E-state index contributed by atoms with van der Waals surface area (Å²) in [4.78, 5) is 11.8. The number of nitrogens with one attached hydrogen (secondary N) is 2. The lowest BCUT2D eigenvalue weighted by molar-refractivity contribution is -0.120. The van der Waals surface area contributed by atoms with Gasteiger partial charge in [0.25, 0.3) is 0 Å². The molecule has 0 bridgehead atoms. The number of aryl methyl sites for hydroxylation is 1. The van der Waals surface area contributed by atoms with Gasteiger partial charge in [-0.15, -0.1) is 12.4 Å². The van der Waals surface area contributed by atoms with Gasteiger partial charge < -0.3 is 10.6 Å². The first kappa shape index (κ1) is 13.0. The number of amides is 1. The maximum atomic E-state index is 11.8. The Bertz CT molecular complexity index is 346. The molecular weight excluding hydrogens is 228 g/mol. The van der Waals surface area contributed by atoms with Crippen LogP contribution in [0.1, 0.15) is 12.8 Å².